The lowest BCUT2D eigenvalue weighted by Crippen LogP contribution is -2.36. The van der Waals surface area contributed by atoms with Crippen LogP contribution in [0.5, 0.6) is 5.75 Å². The normalized spacial score (nSPS) is 14.1. The molecule has 0 aliphatic rings. The van der Waals surface area contributed by atoms with E-state index in [0.29, 0.717) is 0 Å². The molecule has 0 saturated carbocycles. The number of nitrogens with zero attached hydrogens (tertiary/aromatic N) is 2. The smallest absolute Gasteiger partial charge is 0.161 e. The fourth-order valence-corrected chi connectivity index (χ4v) is 2.71. The van der Waals surface area contributed by atoms with E-state index in [2.05, 4.69) is 31.2 Å². The maximum absolute atomic E-state index is 5.99. The number of aromatic nitrogens is 2. The van der Waals surface area contributed by atoms with Crippen molar-refractivity contribution in [3.8, 4) is 5.75 Å². The number of methoxy groups -OCH3 is 1. The molecule has 0 fully saturated rings. The summed E-state index contributed by atoms with van der Waals surface area (Å²) in [5.74, 6) is 0.843. The summed E-state index contributed by atoms with van der Waals surface area (Å²) < 4.78 is 13.6. The lowest BCUT2D eigenvalue weighted by molar-refractivity contribution is 0.0251. The summed E-state index contributed by atoms with van der Waals surface area (Å²) in [6.45, 7) is 11.0. The molecule has 0 radical (unpaired) electrons. The number of rotatable bonds is 11. The molecule has 0 bridgehead atoms. The molecule has 2 unspecified atom stereocenters. The lowest BCUT2D eigenvalue weighted by atomic mass is 10.0. The monoisotopic (exact) mass is 297 g/mol. The first-order chi connectivity index (χ1) is 10.2. The molecule has 1 heterocycles. The van der Waals surface area contributed by atoms with Gasteiger partial charge in [-0.05, 0) is 26.3 Å². The van der Waals surface area contributed by atoms with Gasteiger partial charge in [-0.3, -0.25) is 4.68 Å². The summed E-state index contributed by atoms with van der Waals surface area (Å²) in [5, 5.41) is 8.04. The molecule has 2 atom stereocenters. The van der Waals surface area contributed by atoms with Gasteiger partial charge >= 0.3 is 0 Å². The van der Waals surface area contributed by atoms with Crippen molar-refractivity contribution >= 4 is 0 Å². The number of ether oxygens (including phenoxy) is 2. The van der Waals surface area contributed by atoms with E-state index < -0.39 is 0 Å². The van der Waals surface area contributed by atoms with Crippen LogP contribution in [0.4, 0.5) is 0 Å². The first-order valence-electron chi connectivity index (χ1n) is 8.17. The average molecular weight is 297 g/mol. The van der Waals surface area contributed by atoms with E-state index in [9.17, 15) is 0 Å². The summed E-state index contributed by atoms with van der Waals surface area (Å²) in [6, 6.07) is 0.110. The highest BCUT2D eigenvalue weighted by atomic mass is 16.5. The van der Waals surface area contributed by atoms with Gasteiger partial charge in [0.1, 0.15) is 0 Å². The van der Waals surface area contributed by atoms with Crippen molar-refractivity contribution in [3.05, 3.63) is 11.9 Å². The average Bonchev–Trinajstić information content (AvgIpc) is 2.88. The van der Waals surface area contributed by atoms with Crippen molar-refractivity contribution in [3.63, 3.8) is 0 Å². The summed E-state index contributed by atoms with van der Waals surface area (Å²) >= 11 is 0. The van der Waals surface area contributed by atoms with Crippen LogP contribution in [0.2, 0.25) is 0 Å². The fraction of sp³-hybridized carbons (Fsp3) is 0.812. The summed E-state index contributed by atoms with van der Waals surface area (Å²) in [5.41, 5.74) is 1.10. The van der Waals surface area contributed by atoms with Crippen molar-refractivity contribution in [2.24, 2.45) is 0 Å². The van der Waals surface area contributed by atoms with Gasteiger partial charge in [0.05, 0.1) is 31.1 Å². The molecule has 5 nitrogen and oxygen atoms in total. The van der Waals surface area contributed by atoms with E-state index >= 15 is 0 Å². The summed E-state index contributed by atoms with van der Waals surface area (Å²) in [7, 11) is 1.70. The lowest BCUT2D eigenvalue weighted by Gasteiger charge is -2.28. The molecular formula is C16H31N3O2. The predicted molar refractivity (Wildman–Crippen MR) is 85.8 cm³/mol. The van der Waals surface area contributed by atoms with E-state index in [-0.39, 0.29) is 12.1 Å². The fourth-order valence-electron chi connectivity index (χ4n) is 2.71. The first kappa shape index (κ1) is 18.0. The van der Waals surface area contributed by atoms with Gasteiger partial charge in [-0.15, -0.1) is 0 Å². The Morgan fingerprint density at radius 2 is 2.00 bits per heavy atom. The minimum atomic E-state index is 0.110. The maximum Gasteiger partial charge on any atom is 0.161 e. The van der Waals surface area contributed by atoms with E-state index in [0.717, 1.165) is 50.4 Å². The molecule has 0 amide bonds. The number of likely N-dealkylation sites (N-methyl/N-ethyl adjacent to an activating group) is 1. The highest BCUT2D eigenvalue weighted by molar-refractivity contribution is 5.29. The van der Waals surface area contributed by atoms with Crippen LogP contribution in [-0.4, -0.2) is 36.1 Å². The first-order valence-corrected chi connectivity index (χ1v) is 8.17. The van der Waals surface area contributed by atoms with Gasteiger partial charge in [-0.1, -0.05) is 27.2 Å². The zero-order chi connectivity index (χ0) is 15.7. The van der Waals surface area contributed by atoms with Crippen molar-refractivity contribution < 1.29 is 9.47 Å². The SMILES string of the molecule is CCCC(OCC)C(NCC)c1c(OC)cnn1CCC. The molecule has 5 heteroatoms. The maximum atomic E-state index is 5.99. The minimum Gasteiger partial charge on any atom is -0.493 e. The third-order valence-corrected chi connectivity index (χ3v) is 3.54. The molecule has 122 valence electrons. The Morgan fingerprint density at radius 1 is 1.24 bits per heavy atom. The third-order valence-electron chi connectivity index (χ3n) is 3.54. The quantitative estimate of drug-likeness (QED) is 0.681. The van der Waals surface area contributed by atoms with Crippen LogP contribution in [-0.2, 0) is 11.3 Å². The molecule has 0 spiro atoms. The van der Waals surface area contributed by atoms with Crippen LogP contribution < -0.4 is 10.1 Å². The van der Waals surface area contributed by atoms with Crippen molar-refractivity contribution in [1.29, 1.82) is 0 Å². The largest absolute Gasteiger partial charge is 0.493 e. The second-order valence-corrected chi connectivity index (χ2v) is 5.14. The Balaban J connectivity index is 3.14. The Kier molecular flexibility index (Phi) is 8.38. The number of hydrogen-bond donors (Lipinski definition) is 1. The van der Waals surface area contributed by atoms with Crippen LogP contribution in [0.1, 0.15) is 58.7 Å². The molecule has 1 N–H and O–H groups in total. The van der Waals surface area contributed by atoms with Gasteiger partial charge in [0.15, 0.2) is 5.75 Å². The van der Waals surface area contributed by atoms with Gasteiger partial charge in [0.25, 0.3) is 0 Å². The number of hydrogen-bond acceptors (Lipinski definition) is 4. The molecule has 0 aliphatic carbocycles. The highest BCUT2D eigenvalue weighted by Crippen LogP contribution is 2.30. The van der Waals surface area contributed by atoms with E-state index in [4.69, 9.17) is 9.47 Å². The van der Waals surface area contributed by atoms with Gasteiger partial charge in [0, 0.05) is 13.2 Å². The molecule has 21 heavy (non-hydrogen) atoms. The Bertz CT molecular complexity index is 387. The molecule has 1 aromatic heterocycles. The van der Waals surface area contributed by atoms with E-state index in [1.165, 1.54) is 0 Å². The Labute approximate surface area is 129 Å². The second-order valence-electron chi connectivity index (χ2n) is 5.14. The molecule has 0 aliphatic heterocycles. The Hall–Kier alpha value is -1.07. The van der Waals surface area contributed by atoms with Crippen LogP contribution >= 0.6 is 0 Å². The molecule has 0 saturated heterocycles. The number of nitrogens with one attached hydrogen (secondary N) is 1. The molecule has 0 aromatic carbocycles. The Morgan fingerprint density at radius 3 is 2.52 bits per heavy atom. The van der Waals surface area contributed by atoms with Crippen molar-refractivity contribution in [2.75, 3.05) is 20.3 Å². The van der Waals surface area contributed by atoms with E-state index in [1.54, 1.807) is 7.11 Å². The third kappa shape index (κ3) is 4.71. The molecular weight excluding hydrogens is 266 g/mol. The summed E-state index contributed by atoms with van der Waals surface area (Å²) in [6.07, 6.45) is 5.11. The minimum absolute atomic E-state index is 0.110. The molecule has 1 rings (SSSR count). The van der Waals surface area contributed by atoms with Crippen LogP contribution in [0.25, 0.3) is 0 Å². The summed E-state index contributed by atoms with van der Waals surface area (Å²) in [4.78, 5) is 0. The van der Waals surface area contributed by atoms with E-state index in [1.807, 2.05) is 17.8 Å². The molecule has 1 aromatic rings. The van der Waals surface area contributed by atoms with Gasteiger partial charge in [0.2, 0.25) is 0 Å². The van der Waals surface area contributed by atoms with Crippen molar-refractivity contribution in [2.45, 2.75) is 65.6 Å². The van der Waals surface area contributed by atoms with Gasteiger partial charge < -0.3 is 14.8 Å². The highest BCUT2D eigenvalue weighted by Gasteiger charge is 2.29. The zero-order valence-corrected chi connectivity index (χ0v) is 14.2. The van der Waals surface area contributed by atoms with Gasteiger partial charge in [-0.2, -0.15) is 5.10 Å². The zero-order valence-electron chi connectivity index (χ0n) is 14.2. The van der Waals surface area contributed by atoms with Crippen LogP contribution in [0, 0.1) is 0 Å². The van der Waals surface area contributed by atoms with Crippen LogP contribution in [0.3, 0.4) is 0 Å². The number of aryl methyl sites for hydroxylation is 1. The predicted octanol–water partition coefficient (Wildman–Crippen LogP) is 3.16. The van der Waals surface area contributed by atoms with Crippen molar-refractivity contribution in [1.82, 2.24) is 15.1 Å². The second kappa shape index (κ2) is 9.79. The standard InChI is InChI=1S/C16H31N3O2/c1-6-10-13(21-9-4)15(17-8-3)16-14(20-5)12-18-19(16)11-7-2/h12-13,15,17H,6-11H2,1-5H3. The topological polar surface area (TPSA) is 48.3 Å². The van der Waals surface area contributed by atoms with Gasteiger partial charge in [-0.25, -0.2) is 0 Å². The van der Waals surface area contributed by atoms with Crippen LogP contribution in [0.15, 0.2) is 6.20 Å².